The van der Waals surface area contributed by atoms with Gasteiger partial charge in [0, 0.05) is 36.3 Å². The fourth-order valence-corrected chi connectivity index (χ4v) is 3.68. The van der Waals surface area contributed by atoms with Gasteiger partial charge in [0.05, 0.1) is 10.7 Å². The number of hydrogen-bond acceptors (Lipinski definition) is 5. The molecule has 20 heavy (non-hydrogen) atoms. The van der Waals surface area contributed by atoms with Gasteiger partial charge in [0.2, 0.25) is 0 Å². The van der Waals surface area contributed by atoms with Crippen molar-refractivity contribution in [2.45, 2.75) is 39.2 Å². The maximum Gasteiger partial charge on any atom is 0.125 e. The fourth-order valence-electron chi connectivity index (χ4n) is 2.78. The average Bonchev–Trinajstić information content (AvgIpc) is 2.86. The van der Waals surface area contributed by atoms with Crippen LogP contribution in [-0.2, 0) is 6.54 Å². The van der Waals surface area contributed by atoms with Crippen LogP contribution in [0.15, 0.2) is 18.5 Å². The van der Waals surface area contributed by atoms with Crippen molar-refractivity contribution in [3.8, 4) is 0 Å². The van der Waals surface area contributed by atoms with Gasteiger partial charge in [-0.3, -0.25) is 4.90 Å². The van der Waals surface area contributed by atoms with E-state index in [9.17, 15) is 0 Å². The Kier molecular flexibility index (Phi) is 4.08. The molecule has 2 aromatic rings. The minimum atomic E-state index is 0.588. The number of nitrogens with zero attached hydrogens (tertiary/aromatic N) is 4. The summed E-state index contributed by atoms with van der Waals surface area (Å²) in [5, 5.41) is 1.30. The number of piperidine rings is 1. The maximum absolute atomic E-state index is 4.56. The molecule has 0 saturated carbocycles. The van der Waals surface area contributed by atoms with E-state index >= 15 is 0 Å². The van der Waals surface area contributed by atoms with Crippen LogP contribution >= 0.6 is 11.3 Å². The van der Waals surface area contributed by atoms with E-state index in [0.717, 1.165) is 31.2 Å². The lowest BCUT2D eigenvalue weighted by Gasteiger charge is -2.31. The highest BCUT2D eigenvalue weighted by atomic mass is 32.1. The molecule has 0 N–H and O–H groups in total. The van der Waals surface area contributed by atoms with Crippen LogP contribution in [0.1, 0.15) is 40.2 Å². The number of thiazole rings is 1. The second-order valence-corrected chi connectivity index (χ2v) is 6.74. The summed E-state index contributed by atoms with van der Waals surface area (Å²) in [7, 11) is 0. The molecule has 0 amide bonds. The van der Waals surface area contributed by atoms with Crippen LogP contribution in [0, 0.1) is 13.8 Å². The molecule has 106 valence electrons. The normalized spacial score (nSPS) is 20.2. The molecule has 0 aliphatic carbocycles. The summed E-state index contributed by atoms with van der Waals surface area (Å²) in [6.07, 6.45) is 6.34. The molecule has 0 bridgehead atoms. The molecule has 1 unspecified atom stereocenters. The predicted molar refractivity (Wildman–Crippen MR) is 80.9 cm³/mol. The van der Waals surface area contributed by atoms with E-state index in [1.54, 1.807) is 0 Å². The molecule has 3 heterocycles. The molecule has 0 aromatic carbocycles. The molecular formula is C15H20N4S. The first kappa shape index (κ1) is 13.6. The Balaban J connectivity index is 1.66. The third kappa shape index (κ3) is 3.22. The number of aromatic nitrogens is 3. The van der Waals surface area contributed by atoms with Crippen molar-refractivity contribution in [1.29, 1.82) is 0 Å². The molecule has 3 rings (SSSR count). The van der Waals surface area contributed by atoms with Crippen molar-refractivity contribution in [2.75, 3.05) is 13.1 Å². The number of aryl methyl sites for hydroxylation is 2. The Morgan fingerprint density at radius 3 is 3.00 bits per heavy atom. The second-order valence-electron chi connectivity index (χ2n) is 5.48. The molecule has 1 atom stereocenters. The largest absolute Gasteiger partial charge is 0.297 e. The molecule has 4 nitrogen and oxygen atoms in total. The molecule has 5 heteroatoms. The van der Waals surface area contributed by atoms with Crippen LogP contribution < -0.4 is 0 Å². The zero-order valence-electron chi connectivity index (χ0n) is 12.0. The summed E-state index contributed by atoms with van der Waals surface area (Å²) >= 11 is 1.84. The Morgan fingerprint density at radius 2 is 2.25 bits per heavy atom. The third-order valence-corrected chi connectivity index (χ3v) is 4.79. The summed E-state index contributed by atoms with van der Waals surface area (Å²) < 4.78 is 0. The maximum atomic E-state index is 4.56. The van der Waals surface area contributed by atoms with Gasteiger partial charge in [0.25, 0.3) is 0 Å². The molecular weight excluding hydrogens is 268 g/mol. The Morgan fingerprint density at radius 1 is 1.35 bits per heavy atom. The SMILES string of the molecule is Cc1nccc(CN2CCCC(c3ncc(C)s3)C2)n1. The van der Waals surface area contributed by atoms with Crippen LogP contribution in [0.4, 0.5) is 0 Å². The molecule has 0 spiro atoms. The van der Waals surface area contributed by atoms with Crippen LogP contribution in [-0.4, -0.2) is 32.9 Å². The first-order chi connectivity index (χ1) is 9.70. The summed E-state index contributed by atoms with van der Waals surface area (Å²) in [5.41, 5.74) is 1.12. The van der Waals surface area contributed by atoms with Gasteiger partial charge in [-0.2, -0.15) is 0 Å². The molecule has 0 radical (unpaired) electrons. The lowest BCUT2D eigenvalue weighted by atomic mass is 9.98. The van der Waals surface area contributed by atoms with Gasteiger partial charge in [-0.25, -0.2) is 15.0 Å². The third-order valence-electron chi connectivity index (χ3n) is 3.71. The van der Waals surface area contributed by atoms with Crippen molar-refractivity contribution in [1.82, 2.24) is 19.9 Å². The van der Waals surface area contributed by atoms with Crippen LogP contribution in [0.5, 0.6) is 0 Å². The van der Waals surface area contributed by atoms with E-state index < -0.39 is 0 Å². The van der Waals surface area contributed by atoms with E-state index in [4.69, 9.17) is 0 Å². The van der Waals surface area contributed by atoms with E-state index in [1.165, 1.54) is 22.7 Å². The summed E-state index contributed by atoms with van der Waals surface area (Å²) in [4.78, 5) is 17.0. The highest BCUT2D eigenvalue weighted by Crippen LogP contribution is 2.30. The summed E-state index contributed by atoms with van der Waals surface area (Å²) in [5.74, 6) is 1.44. The van der Waals surface area contributed by atoms with Crippen molar-refractivity contribution < 1.29 is 0 Å². The number of likely N-dealkylation sites (tertiary alicyclic amines) is 1. The summed E-state index contributed by atoms with van der Waals surface area (Å²) in [6, 6.07) is 2.02. The zero-order valence-corrected chi connectivity index (χ0v) is 12.9. The van der Waals surface area contributed by atoms with Crippen LogP contribution in [0.25, 0.3) is 0 Å². The first-order valence-corrected chi connectivity index (χ1v) is 7.95. The molecule has 1 aliphatic heterocycles. The molecule has 1 saturated heterocycles. The average molecular weight is 288 g/mol. The minimum absolute atomic E-state index is 0.588. The standard InChI is InChI=1S/C15H20N4S/c1-11-8-17-15(20-11)13-4-3-7-19(9-13)10-14-5-6-16-12(2)18-14/h5-6,8,13H,3-4,7,9-10H2,1-2H3. The van der Waals surface area contributed by atoms with Gasteiger partial charge in [-0.15, -0.1) is 11.3 Å². The van der Waals surface area contributed by atoms with E-state index in [2.05, 4.69) is 26.8 Å². The van der Waals surface area contributed by atoms with Crippen LogP contribution in [0.2, 0.25) is 0 Å². The Hall–Kier alpha value is -1.33. The fraction of sp³-hybridized carbons (Fsp3) is 0.533. The molecule has 1 fully saturated rings. The smallest absolute Gasteiger partial charge is 0.125 e. The second kappa shape index (κ2) is 5.97. The van der Waals surface area contributed by atoms with E-state index in [0.29, 0.717) is 5.92 Å². The number of hydrogen-bond donors (Lipinski definition) is 0. The van der Waals surface area contributed by atoms with Crippen molar-refractivity contribution in [3.63, 3.8) is 0 Å². The molecule has 2 aromatic heterocycles. The molecule has 1 aliphatic rings. The monoisotopic (exact) mass is 288 g/mol. The number of rotatable bonds is 3. The predicted octanol–water partition coefficient (Wildman–Crippen LogP) is 2.93. The van der Waals surface area contributed by atoms with Crippen molar-refractivity contribution >= 4 is 11.3 Å². The highest BCUT2D eigenvalue weighted by Gasteiger charge is 2.23. The first-order valence-electron chi connectivity index (χ1n) is 7.14. The van der Waals surface area contributed by atoms with Gasteiger partial charge in [0.1, 0.15) is 5.82 Å². The Bertz CT molecular complexity index is 581. The van der Waals surface area contributed by atoms with Gasteiger partial charge in [-0.1, -0.05) is 0 Å². The minimum Gasteiger partial charge on any atom is -0.297 e. The lowest BCUT2D eigenvalue weighted by molar-refractivity contribution is 0.198. The van der Waals surface area contributed by atoms with Gasteiger partial charge < -0.3 is 0 Å². The summed E-state index contributed by atoms with van der Waals surface area (Å²) in [6.45, 7) is 7.25. The van der Waals surface area contributed by atoms with Gasteiger partial charge in [-0.05, 0) is 39.3 Å². The van der Waals surface area contributed by atoms with E-state index in [-0.39, 0.29) is 0 Å². The zero-order chi connectivity index (χ0) is 13.9. The lowest BCUT2D eigenvalue weighted by Crippen LogP contribution is -2.34. The van der Waals surface area contributed by atoms with Gasteiger partial charge >= 0.3 is 0 Å². The topological polar surface area (TPSA) is 41.9 Å². The van der Waals surface area contributed by atoms with E-state index in [1.807, 2.05) is 36.7 Å². The Labute approximate surface area is 123 Å². The quantitative estimate of drug-likeness (QED) is 0.871. The van der Waals surface area contributed by atoms with Crippen molar-refractivity contribution in [2.24, 2.45) is 0 Å². The van der Waals surface area contributed by atoms with Crippen LogP contribution in [0.3, 0.4) is 0 Å². The van der Waals surface area contributed by atoms with Gasteiger partial charge in [0.15, 0.2) is 0 Å². The van der Waals surface area contributed by atoms with Crippen molar-refractivity contribution in [3.05, 3.63) is 39.9 Å². The highest BCUT2D eigenvalue weighted by molar-refractivity contribution is 7.11.